The molecule has 2 unspecified atom stereocenters. The number of carbonyl (C=O) groups is 3. The SMILES string of the molecule is C=CCCCOC(=O)[C@@H]1[C@H]2C(=O)N([C@@H](CO)C(C)C)C(C(=O)N(CC=C)CCN3CCOCC3)C23CC[C@@]1(C)S3. The van der Waals surface area contributed by atoms with E-state index >= 15 is 0 Å². The van der Waals surface area contributed by atoms with Gasteiger partial charge in [-0.2, -0.15) is 0 Å². The quantitative estimate of drug-likeness (QED) is 0.191. The number of amides is 2. The number of hydrogen-bond donors (Lipinski definition) is 1. The van der Waals surface area contributed by atoms with Crippen LogP contribution in [0.4, 0.5) is 0 Å². The van der Waals surface area contributed by atoms with E-state index in [1.807, 2.05) is 20.8 Å². The fourth-order valence-electron chi connectivity index (χ4n) is 7.18. The lowest BCUT2D eigenvalue weighted by atomic mass is 9.66. The molecular formula is C30H47N3O6S. The number of allylic oxidation sites excluding steroid dienone is 1. The summed E-state index contributed by atoms with van der Waals surface area (Å²) in [5.74, 6) is -2.04. The van der Waals surface area contributed by atoms with E-state index in [0.717, 1.165) is 25.9 Å². The summed E-state index contributed by atoms with van der Waals surface area (Å²) < 4.78 is 9.96. The molecule has 2 amide bonds. The van der Waals surface area contributed by atoms with E-state index in [1.54, 1.807) is 33.7 Å². The second-order valence-electron chi connectivity index (χ2n) is 12.1. The van der Waals surface area contributed by atoms with E-state index < -0.39 is 33.4 Å². The van der Waals surface area contributed by atoms with Crippen LogP contribution in [0.3, 0.4) is 0 Å². The Labute approximate surface area is 243 Å². The number of ether oxygens (including phenoxy) is 2. The van der Waals surface area contributed by atoms with Gasteiger partial charge in [0.1, 0.15) is 6.04 Å². The van der Waals surface area contributed by atoms with E-state index in [4.69, 9.17) is 9.47 Å². The van der Waals surface area contributed by atoms with Gasteiger partial charge >= 0.3 is 5.97 Å². The zero-order chi connectivity index (χ0) is 29.1. The van der Waals surface area contributed by atoms with Crippen molar-refractivity contribution in [2.24, 2.45) is 17.8 Å². The molecule has 4 aliphatic rings. The Balaban J connectivity index is 1.67. The highest BCUT2D eigenvalue weighted by Gasteiger charge is 2.78. The van der Waals surface area contributed by atoms with Crippen LogP contribution >= 0.6 is 11.8 Å². The lowest BCUT2D eigenvalue weighted by Crippen LogP contribution is -2.59. The third-order valence-electron chi connectivity index (χ3n) is 9.26. The lowest BCUT2D eigenvalue weighted by molar-refractivity contribution is -0.156. The molecule has 0 aliphatic carbocycles. The molecule has 4 rings (SSSR count). The molecule has 4 saturated heterocycles. The lowest BCUT2D eigenvalue weighted by Gasteiger charge is -2.41. The van der Waals surface area contributed by atoms with Crippen LogP contribution in [0.25, 0.3) is 0 Å². The van der Waals surface area contributed by atoms with Crippen molar-refractivity contribution in [2.45, 2.75) is 68.0 Å². The van der Waals surface area contributed by atoms with E-state index in [1.165, 1.54) is 0 Å². The number of fused-ring (bicyclic) bond motifs is 1. The third-order valence-corrected chi connectivity index (χ3v) is 11.2. The highest BCUT2D eigenvalue weighted by molar-refractivity contribution is 8.02. The van der Waals surface area contributed by atoms with Gasteiger partial charge in [0.05, 0.1) is 49.1 Å². The molecule has 9 nitrogen and oxygen atoms in total. The first-order valence-corrected chi connectivity index (χ1v) is 15.6. The topological polar surface area (TPSA) is 99.6 Å². The van der Waals surface area contributed by atoms with Crippen molar-refractivity contribution in [3.8, 4) is 0 Å². The third kappa shape index (κ3) is 5.61. The Kier molecular flexibility index (Phi) is 10.1. The van der Waals surface area contributed by atoms with Crippen molar-refractivity contribution in [3.63, 3.8) is 0 Å². The minimum atomic E-state index is -0.764. The van der Waals surface area contributed by atoms with Crippen molar-refractivity contribution >= 4 is 29.5 Å². The number of aliphatic hydroxyl groups is 1. The maximum Gasteiger partial charge on any atom is 0.311 e. The fraction of sp³-hybridized carbons (Fsp3) is 0.767. The molecule has 0 aromatic heterocycles. The number of esters is 1. The van der Waals surface area contributed by atoms with Crippen LogP contribution in [0, 0.1) is 17.8 Å². The van der Waals surface area contributed by atoms with Crippen LogP contribution < -0.4 is 0 Å². The van der Waals surface area contributed by atoms with Crippen molar-refractivity contribution in [1.82, 2.24) is 14.7 Å². The summed E-state index contributed by atoms with van der Waals surface area (Å²) in [6, 6.07) is -1.29. The first-order chi connectivity index (χ1) is 19.1. The largest absolute Gasteiger partial charge is 0.465 e. The molecule has 4 heterocycles. The summed E-state index contributed by atoms with van der Waals surface area (Å²) in [5, 5.41) is 10.5. The second kappa shape index (κ2) is 13.0. The number of likely N-dealkylation sites (tertiary alicyclic amines) is 1. The predicted octanol–water partition coefficient (Wildman–Crippen LogP) is 2.34. The Morgan fingerprint density at radius 3 is 2.60 bits per heavy atom. The van der Waals surface area contributed by atoms with E-state index in [9.17, 15) is 19.5 Å². The normalized spacial score (nSPS) is 32.3. The van der Waals surface area contributed by atoms with Crippen LogP contribution in [0.2, 0.25) is 0 Å². The maximum atomic E-state index is 14.6. The number of thioether (sulfide) groups is 1. The number of carbonyl (C=O) groups excluding carboxylic acids is 3. The number of morpholine rings is 1. The molecule has 0 aromatic rings. The molecule has 0 saturated carbocycles. The molecule has 4 aliphatic heterocycles. The minimum absolute atomic E-state index is 0.0669. The van der Waals surface area contributed by atoms with Gasteiger partial charge in [0.15, 0.2) is 0 Å². The van der Waals surface area contributed by atoms with Gasteiger partial charge in [-0.15, -0.1) is 24.9 Å². The van der Waals surface area contributed by atoms with Gasteiger partial charge in [-0.25, -0.2) is 0 Å². The Morgan fingerprint density at radius 2 is 1.98 bits per heavy atom. The molecule has 40 heavy (non-hydrogen) atoms. The summed E-state index contributed by atoms with van der Waals surface area (Å²) in [6.45, 7) is 18.2. The molecule has 2 bridgehead atoms. The van der Waals surface area contributed by atoms with E-state index in [2.05, 4.69) is 18.1 Å². The molecule has 0 radical (unpaired) electrons. The van der Waals surface area contributed by atoms with Gasteiger partial charge in [-0.1, -0.05) is 26.0 Å². The molecular weight excluding hydrogens is 530 g/mol. The smallest absolute Gasteiger partial charge is 0.311 e. The van der Waals surface area contributed by atoms with Crippen LogP contribution in [0.1, 0.15) is 46.5 Å². The zero-order valence-corrected chi connectivity index (χ0v) is 25.2. The summed E-state index contributed by atoms with van der Waals surface area (Å²) in [7, 11) is 0. The van der Waals surface area contributed by atoms with Crippen LogP contribution in [-0.2, 0) is 23.9 Å². The first-order valence-electron chi connectivity index (χ1n) is 14.8. The van der Waals surface area contributed by atoms with Crippen molar-refractivity contribution < 1.29 is 29.0 Å². The zero-order valence-electron chi connectivity index (χ0n) is 24.4. The predicted molar refractivity (Wildman–Crippen MR) is 156 cm³/mol. The van der Waals surface area contributed by atoms with Gasteiger partial charge in [-0.3, -0.25) is 19.3 Å². The van der Waals surface area contributed by atoms with Crippen molar-refractivity contribution in [1.29, 1.82) is 0 Å². The molecule has 10 heteroatoms. The van der Waals surface area contributed by atoms with Gasteiger partial charge in [0.25, 0.3) is 0 Å². The van der Waals surface area contributed by atoms with Gasteiger partial charge in [0.2, 0.25) is 11.8 Å². The molecule has 4 fully saturated rings. The molecule has 6 atom stereocenters. The van der Waals surface area contributed by atoms with Gasteiger partial charge in [0, 0.05) is 37.5 Å². The molecule has 1 spiro atoms. The Morgan fingerprint density at radius 1 is 1.25 bits per heavy atom. The summed E-state index contributed by atoms with van der Waals surface area (Å²) in [5.41, 5.74) is 0. The van der Waals surface area contributed by atoms with E-state index in [0.29, 0.717) is 45.7 Å². The Bertz CT molecular complexity index is 971. The average Bonchev–Trinajstić information content (AvgIpc) is 3.50. The maximum absolute atomic E-state index is 14.6. The Hall–Kier alpha value is -1.88. The number of rotatable bonds is 14. The van der Waals surface area contributed by atoms with Crippen molar-refractivity contribution in [3.05, 3.63) is 25.3 Å². The number of aliphatic hydroxyl groups excluding tert-OH is 1. The minimum Gasteiger partial charge on any atom is -0.465 e. The monoisotopic (exact) mass is 577 g/mol. The summed E-state index contributed by atoms with van der Waals surface area (Å²) >= 11 is 1.64. The summed E-state index contributed by atoms with van der Waals surface area (Å²) in [4.78, 5) is 48.2. The van der Waals surface area contributed by atoms with Gasteiger partial charge < -0.3 is 24.4 Å². The van der Waals surface area contributed by atoms with Gasteiger partial charge in [-0.05, 0) is 38.5 Å². The molecule has 1 N–H and O–H groups in total. The first kappa shape index (κ1) is 31.1. The van der Waals surface area contributed by atoms with Crippen LogP contribution in [0.5, 0.6) is 0 Å². The average molecular weight is 578 g/mol. The highest BCUT2D eigenvalue weighted by Crippen LogP contribution is 2.72. The van der Waals surface area contributed by atoms with Crippen LogP contribution in [0.15, 0.2) is 25.3 Å². The fourth-order valence-corrected chi connectivity index (χ4v) is 9.50. The summed E-state index contributed by atoms with van der Waals surface area (Å²) in [6.07, 6.45) is 6.34. The van der Waals surface area contributed by atoms with Crippen molar-refractivity contribution in [2.75, 3.05) is 59.2 Å². The number of unbranched alkanes of at least 4 members (excludes halogenated alkanes) is 1. The van der Waals surface area contributed by atoms with E-state index in [-0.39, 0.29) is 36.9 Å². The standard InChI is InChI=1S/C30H47N3O6S/c1-6-8-9-17-39-28(37)24-23-26(35)33(22(20-34)21(3)4)25(30(23)11-10-29(24,5)40-30)27(36)32(12-7-2)14-13-31-15-18-38-19-16-31/h6-7,21-25,34H,1-2,8-20H2,3-5H3/t22-,23-,24-,25?,29+,30?/m0/s1. The molecule has 0 aromatic carbocycles. The number of nitrogens with zero attached hydrogens (tertiary/aromatic N) is 3. The number of hydrogen-bond acceptors (Lipinski definition) is 8. The second-order valence-corrected chi connectivity index (χ2v) is 14.0. The van der Waals surface area contributed by atoms with Crippen LogP contribution in [-0.4, -0.2) is 118 Å². The highest BCUT2D eigenvalue weighted by atomic mass is 32.2. The molecule has 224 valence electrons.